The van der Waals surface area contributed by atoms with Crippen molar-refractivity contribution in [3.63, 3.8) is 0 Å². The second-order valence-electron chi connectivity index (χ2n) is 4.60. The molecule has 1 N–H and O–H groups in total. The lowest BCUT2D eigenvalue weighted by Crippen LogP contribution is -2.35. The SMILES string of the molecule is O=C(NCCSC1CCOCC1)C1CCC1. The number of hydrogen-bond donors (Lipinski definition) is 1. The standard InChI is InChI=1S/C12H21NO2S/c14-12(10-2-1-3-10)13-6-9-16-11-4-7-15-8-5-11/h10-11H,1-9H2,(H,13,14). The topological polar surface area (TPSA) is 38.3 Å². The maximum atomic E-state index is 11.5. The van der Waals surface area contributed by atoms with Gasteiger partial charge in [0.05, 0.1) is 0 Å². The first-order valence-corrected chi connectivity index (χ1v) is 7.38. The molecule has 0 spiro atoms. The quantitative estimate of drug-likeness (QED) is 0.749. The van der Waals surface area contributed by atoms with Crippen LogP contribution in [0.25, 0.3) is 0 Å². The molecule has 1 heterocycles. The Bertz CT molecular complexity index is 225. The summed E-state index contributed by atoms with van der Waals surface area (Å²) in [7, 11) is 0. The van der Waals surface area contributed by atoms with Crippen molar-refractivity contribution in [3.05, 3.63) is 0 Å². The molecule has 2 rings (SSSR count). The highest BCUT2D eigenvalue weighted by molar-refractivity contribution is 7.99. The van der Waals surface area contributed by atoms with E-state index in [1.165, 1.54) is 19.3 Å². The number of nitrogens with one attached hydrogen (secondary N) is 1. The van der Waals surface area contributed by atoms with Crippen LogP contribution in [0.15, 0.2) is 0 Å². The first-order chi connectivity index (χ1) is 7.86. The molecule has 0 aromatic rings. The van der Waals surface area contributed by atoms with Gasteiger partial charge in [0, 0.05) is 36.7 Å². The van der Waals surface area contributed by atoms with Crippen LogP contribution < -0.4 is 5.32 Å². The van der Waals surface area contributed by atoms with Crippen LogP contribution in [0.2, 0.25) is 0 Å². The number of ether oxygens (including phenoxy) is 1. The summed E-state index contributed by atoms with van der Waals surface area (Å²) in [5.74, 6) is 1.65. The largest absolute Gasteiger partial charge is 0.381 e. The van der Waals surface area contributed by atoms with E-state index in [4.69, 9.17) is 4.74 Å². The molecule has 0 atom stereocenters. The van der Waals surface area contributed by atoms with Gasteiger partial charge in [-0.1, -0.05) is 6.42 Å². The van der Waals surface area contributed by atoms with Gasteiger partial charge < -0.3 is 10.1 Å². The van der Waals surface area contributed by atoms with E-state index in [0.29, 0.717) is 5.92 Å². The molecule has 0 aromatic heterocycles. The molecule has 0 radical (unpaired) electrons. The van der Waals surface area contributed by atoms with E-state index in [0.717, 1.165) is 43.6 Å². The number of carbonyl (C=O) groups excluding carboxylic acids is 1. The summed E-state index contributed by atoms with van der Waals surface area (Å²) >= 11 is 1.98. The number of amides is 1. The molecule has 4 heteroatoms. The lowest BCUT2D eigenvalue weighted by atomic mass is 9.85. The van der Waals surface area contributed by atoms with Crippen molar-refractivity contribution in [1.29, 1.82) is 0 Å². The fourth-order valence-electron chi connectivity index (χ4n) is 2.06. The molecule has 1 saturated carbocycles. The normalized spacial score (nSPS) is 22.8. The second kappa shape index (κ2) is 6.50. The van der Waals surface area contributed by atoms with Crippen LogP contribution in [-0.2, 0) is 9.53 Å². The highest BCUT2D eigenvalue weighted by Crippen LogP contribution is 2.26. The van der Waals surface area contributed by atoms with Crippen molar-refractivity contribution in [2.75, 3.05) is 25.5 Å². The summed E-state index contributed by atoms with van der Waals surface area (Å²) < 4.78 is 5.31. The average Bonchev–Trinajstić information content (AvgIpc) is 2.23. The van der Waals surface area contributed by atoms with E-state index in [2.05, 4.69) is 5.32 Å². The number of thioether (sulfide) groups is 1. The van der Waals surface area contributed by atoms with Gasteiger partial charge in [-0.25, -0.2) is 0 Å². The van der Waals surface area contributed by atoms with Crippen LogP contribution >= 0.6 is 11.8 Å². The molecule has 2 fully saturated rings. The fourth-order valence-corrected chi connectivity index (χ4v) is 3.14. The summed E-state index contributed by atoms with van der Waals surface area (Å²) in [5.41, 5.74) is 0. The Labute approximate surface area is 102 Å². The number of carbonyl (C=O) groups is 1. The highest BCUT2D eigenvalue weighted by Gasteiger charge is 2.24. The van der Waals surface area contributed by atoms with Gasteiger partial charge in [0.25, 0.3) is 0 Å². The van der Waals surface area contributed by atoms with Gasteiger partial charge in [-0.15, -0.1) is 0 Å². The smallest absolute Gasteiger partial charge is 0.223 e. The molecule has 0 unspecified atom stereocenters. The molecule has 3 nitrogen and oxygen atoms in total. The van der Waals surface area contributed by atoms with Crippen LogP contribution in [0.5, 0.6) is 0 Å². The predicted octanol–water partition coefficient (Wildman–Crippen LogP) is 1.81. The zero-order valence-corrected chi connectivity index (χ0v) is 10.6. The molecule has 92 valence electrons. The fraction of sp³-hybridized carbons (Fsp3) is 0.917. The highest BCUT2D eigenvalue weighted by atomic mass is 32.2. The van der Waals surface area contributed by atoms with Crippen molar-refractivity contribution >= 4 is 17.7 Å². The first-order valence-electron chi connectivity index (χ1n) is 6.33. The van der Waals surface area contributed by atoms with E-state index in [9.17, 15) is 4.79 Å². The maximum absolute atomic E-state index is 11.5. The molecule has 1 amide bonds. The van der Waals surface area contributed by atoms with Crippen molar-refractivity contribution in [2.45, 2.75) is 37.4 Å². The molecule has 0 bridgehead atoms. The summed E-state index contributed by atoms with van der Waals surface area (Å²) in [6.45, 7) is 2.65. The van der Waals surface area contributed by atoms with Crippen LogP contribution in [0.3, 0.4) is 0 Å². The van der Waals surface area contributed by atoms with Crippen molar-refractivity contribution < 1.29 is 9.53 Å². The zero-order valence-electron chi connectivity index (χ0n) is 9.74. The Morgan fingerprint density at radius 3 is 2.62 bits per heavy atom. The Morgan fingerprint density at radius 2 is 2.00 bits per heavy atom. The molecule has 1 aliphatic heterocycles. The summed E-state index contributed by atoms with van der Waals surface area (Å²) in [5, 5.41) is 3.78. The van der Waals surface area contributed by atoms with E-state index >= 15 is 0 Å². The van der Waals surface area contributed by atoms with E-state index in [1.54, 1.807) is 0 Å². The van der Waals surface area contributed by atoms with Crippen LogP contribution in [0.4, 0.5) is 0 Å². The van der Waals surface area contributed by atoms with Gasteiger partial charge >= 0.3 is 0 Å². The minimum atomic E-state index is 0.277. The van der Waals surface area contributed by atoms with Gasteiger partial charge in [-0.2, -0.15) is 11.8 Å². The number of rotatable bonds is 5. The molecule has 1 saturated heterocycles. The second-order valence-corrected chi connectivity index (χ2v) is 6.01. The van der Waals surface area contributed by atoms with Gasteiger partial charge in [0.2, 0.25) is 5.91 Å². The van der Waals surface area contributed by atoms with Crippen LogP contribution in [0, 0.1) is 5.92 Å². The Hall–Kier alpha value is -0.220. The lowest BCUT2D eigenvalue weighted by molar-refractivity contribution is -0.127. The lowest BCUT2D eigenvalue weighted by Gasteiger charge is -2.24. The van der Waals surface area contributed by atoms with Gasteiger partial charge in [0.1, 0.15) is 0 Å². The third-order valence-corrected chi connectivity index (χ3v) is 4.78. The third-order valence-electron chi connectivity index (χ3n) is 3.40. The van der Waals surface area contributed by atoms with Crippen molar-refractivity contribution in [1.82, 2.24) is 5.32 Å². The van der Waals surface area contributed by atoms with Crippen LogP contribution in [0.1, 0.15) is 32.1 Å². The first kappa shape index (κ1) is 12.2. The summed E-state index contributed by atoms with van der Waals surface area (Å²) in [4.78, 5) is 11.5. The molecule has 0 aromatic carbocycles. The monoisotopic (exact) mass is 243 g/mol. The molecule has 16 heavy (non-hydrogen) atoms. The minimum Gasteiger partial charge on any atom is -0.381 e. The molecule has 2 aliphatic rings. The third kappa shape index (κ3) is 3.67. The number of hydrogen-bond acceptors (Lipinski definition) is 3. The van der Waals surface area contributed by atoms with Crippen LogP contribution in [-0.4, -0.2) is 36.7 Å². The van der Waals surface area contributed by atoms with E-state index in [1.807, 2.05) is 11.8 Å². The Balaban J connectivity index is 1.49. The van der Waals surface area contributed by atoms with Gasteiger partial charge in [0.15, 0.2) is 0 Å². The molecule has 1 aliphatic carbocycles. The Kier molecular flexibility index (Phi) is 4.97. The minimum absolute atomic E-state index is 0.277. The summed E-state index contributed by atoms with van der Waals surface area (Å²) in [6, 6.07) is 0. The summed E-state index contributed by atoms with van der Waals surface area (Å²) in [6.07, 6.45) is 5.76. The average molecular weight is 243 g/mol. The molecular formula is C12H21NO2S. The van der Waals surface area contributed by atoms with E-state index < -0.39 is 0 Å². The van der Waals surface area contributed by atoms with Crippen molar-refractivity contribution in [3.8, 4) is 0 Å². The zero-order chi connectivity index (χ0) is 11.2. The maximum Gasteiger partial charge on any atom is 0.223 e. The van der Waals surface area contributed by atoms with Gasteiger partial charge in [-0.05, 0) is 25.7 Å². The van der Waals surface area contributed by atoms with E-state index in [-0.39, 0.29) is 5.91 Å². The predicted molar refractivity (Wildman–Crippen MR) is 66.6 cm³/mol. The Morgan fingerprint density at radius 1 is 1.25 bits per heavy atom. The molecular weight excluding hydrogens is 222 g/mol. The van der Waals surface area contributed by atoms with Crippen molar-refractivity contribution in [2.24, 2.45) is 5.92 Å². The van der Waals surface area contributed by atoms with Gasteiger partial charge in [-0.3, -0.25) is 4.79 Å².